The Morgan fingerprint density at radius 3 is 2.70 bits per heavy atom. The molecule has 3 heterocycles. The molecule has 0 unspecified atom stereocenters. The lowest BCUT2D eigenvalue weighted by atomic mass is 9.76. The van der Waals surface area contributed by atoms with Crippen LogP contribution in [0.25, 0.3) is 0 Å². The van der Waals surface area contributed by atoms with Crippen molar-refractivity contribution >= 4 is 5.91 Å². The Morgan fingerprint density at radius 2 is 2.04 bits per heavy atom. The van der Waals surface area contributed by atoms with Crippen LogP contribution in [0.4, 0.5) is 0 Å². The predicted octanol–water partition coefficient (Wildman–Crippen LogP) is 2.14. The number of hydrogen-bond donors (Lipinski definition) is 1. The van der Waals surface area contributed by atoms with Crippen LogP contribution < -0.4 is 5.32 Å². The molecule has 5 heteroatoms. The Hall–Kier alpha value is -1.36. The number of nitrogens with one attached hydrogen (secondary N) is 1. The molecule has 23 heavy (non-hydrogen) atoms. The Bertz CT molecular complexity index is 624. The quantitative estimate of drug-likeness (QED) is 0.929. The van der Waals surface area contributed by atoms with Crippen LogP contribution in [0.2, 0.25) is 0 Å². The topological polar surface area (TPSA) is 56.1 Å². The molecular weight excluding hydrogens is 290 g/mol. The number of hydrogen-bond acceptors (Lipinski definition) is 3. The first-order chi connectivity index (χ1) is 11.0. The number of fused-ring (bicyclic) bond motifs is 1. The predicted molar refractivity (Wildman–Crippen MR) is 87.2 cm³/mol. The third-order valence-electron chi connectivity index (χ3n) is 5.85. The van der Waals surface area contributed by atoms with Crippen molar-refractivity contribution < 1.29 is 9.53 Å². The molecule has 3 aliphatic rings. The van der Waals surface area contributed by atoms with Crippen LogP contribution in [-0.4, -0.2) is 35.4 Å². The third-order valence-corrected chi connectivity index (χ3v) is 5.85. The molecule has 5 nitrogen and oxygen atoms in total. The first-order valence-corrected chi connectivity index (χ1v) is 8.84. The summed E-state index contributed by atoms with van der Waals surface area (Å²) in [6.07, 6.45) is 6.06. The largest absolute Gasteiger partial charge is 0.381 e. The Balaban J connectivity index is 1.75. The Kier molecular flexibility index (Phi) is 3.52. The lowest BCUT2D eigenvalue weighted by Crippen LogP contribution is -2.40. The van der Waals surface area contributed by atoms with Crippen molar-refractivity contribution in [1.82, 2.24) is 15.1 Å². The maximum atomic E-state index is 12.7. The van der Waals surface area contributed by atoms with E-state index in [1.54, 1.807) is 0 Å². The van der Waals surface area contributed by atoms with Crippen LogP contribution in [0.3, 0.4) is 0 Å². The highest BCUT2D eigenvalue weighted by Gasteiger charge is 2.42. The normalized spacial score (nSPS) is 24.9. The Labute approximate surface area is 137 Å². The lowest BCUT2D eigenvalue weighted by Gasteiger charge is -2.36. The molecular formula is C18H26N3O2. The fraction of sp³-hybridized carbons (Fsp3) is 0.722. The van der Waals surface area contributed by atoms with Crippen LogP contribution in [0.1, 0.15) is 54.4 Å². The molecule has 2 aliphatic heterocycles. The van der Waals surface area contributed by atoms with Gasteiger partial charge in [-0.15, -0.1) is 0 Å². The van der Waals surface area contributed by atoms with E-state index in [2.05, 4.69) is 23.8 Å². The van der Waals surface area contributed by atoms with Crippen molar-refractivity contribution in [1.29, 1.82) is 0 Å². The van der Waals surface area contributed by atoms with E-state index < -0.39 is 0 Å². The smallest absolute Gasteiger partial charge is 0.255 e. The number of carbonyl (C=O) groups is 1. The van der Waals surface area contributed by atoms with Gasteiger partial charge in [-0.2, -0.15) is 5.10 Å². The summed E-state index contributed by atoms with van der Waals surface area (Å²) in [6.45, 7) is 9.58. The first kappa shape index (κ1) is 15.2. The fourth-order valence-electron chi connectivity index (χ4n) is 3.96. The third kappa shape index (κ3) is 2.69. The van der Waals surface area contributed by atoms with E-state index in [0.717, 1.165) is 81.8 Å². The number of ether oxygens (including phenoxy) is 1. The maximum Gasteiger partial charge on any atom is 0.255 e. The van der Waals surface area contributed by atoms with Gasteiger partial charge in [0.05, 0.1) is 17.0 Å². The lowest BCUT2D eigenvalue weighted by molar-refractivity contribution is 0.0152. The number of rotatable bonds is 3. The van der Waals surface area contributed by atoms with Gasteiger partial charge < -0.3 is 10.1 Å². The second-order valence-corrected chi connectivity index (χ2v) is 7.75. The number of aromatic nitrogens is 2. The average molecular weight is 316 g/mol. The van der Waals surface area contributed by atoms with E-state index in [1.807, 2.05) is 0 Å². The van der Waals surface area contributed by atoms with Gasteiger partial charge in [-0.05, 0) is 56.3 Å². The fourth-order valence-corrected chi connectivity index (χ4v) is 3.96. The van der Waals surface area contributed by atoms with Crippen molar-refractivity contribution in [2.45, 2.75) is 52.0 Å². The van der Waals surface area contributed by atoms with Crippen molar-refractivity contribution in [3.63, 3.8) is 0 Å². The highest BCUT2D eigenvalue weighted by Crippen LogP contribution is 2.47. The van der Waals surface area contributed by atoms with E-state index in [4.69, 9.17) is 9.84 Å². The van der Waals surface area contributed by atoms with Gasteiger partial charge in [0, 0.05) is 26.3 Å². The molecule has 1 saturated carbocycles. The average Bonchev–Trinajstić information content (AvgIpc) is 3.21. The zero-order valence-electron chi connectivity index (χ0n) is 14.0. The molecule has 1 spiro atoms. The summed E-state index contributed by atoms with van der Waals surface area (Å²) in [5.74, 6) is 0.0559. The van der Waals surface area contributed by atoms with Crippen LogP contribution in [0.15, 0.2) is 0 Å². The van der Waals surface area contributed by atoms with Gasteiger partial charge in [-0.25, -0.2) is 0 Å². The monoisotopic (exact) mass is 316 g/mol. The molecule has 0 atom stereocenters. The number of aryl methyl sites for hydroxylation is 1. The van der Waals surface area contributed by atoms with E-state index in [-0.39, 0.29) is 16.7 Å². The van der Waals surface area contributed by atoms with Crippen molar-refractivity contribution in [3.05, 3.63) is 23.9 Å². The van der Waals surface area contributed by atoms with Crippen LogP contribution >= 0.6 is 0 Å². The van der Waals surface area contributed by atoms with Gasteiger partial charge >= 0.3 is 0 Å². The highest BCUT2D eigenvalue weighted by molar-refractivity contribution is 5.97. The molecule has 1 aliphatic carbocycles. The van der Waals surface area contributed by atoms with Crippen molar-refractivity contribution in [3.8, 4) is 0 Å². The second-order valence-electron chi connectivity index (χ2n) is 7.75. The van der Waals surface area contributed by atoms with Crippen molar-refractivity contribution in [2.24, 2.45) is 10.8 Å². The standard InChI is InChI=1S/C18H26N3O2/c1-3-13-15-14(21(20-13)12-17(2)4-5-17)10-18(11-19-16(15)22)6-8-23-9-7-18/h2-12H2,1H3,(H,19,22). The number of amides is 1. The van der Waals surface area contributed by atoms with Gasteiger partial charge in [-0.1, -0.05) is 6.92 Å². The summed E-state index contributed by atoms with van der Waals surface area (Å²) in [6, 6.07) is 0. The molecule has 1 N–H and O–H groups in total. The van der Waals surface area contributed by atoms with Crippen LogP contribution in [-0.2, 0) is 24.1 Å². The van der Waals surface area contributed by atoms with Gasteiger partial charge in [0.25, 0.3) is 5.91 Å². The molecule has 0 aromatic carbocycles. The molecule has 1 radical (unpaired) electrons. The van der Waals surface area contributed by atoms with Crippen LogP contribution in [0, 0.1) is 17.8 Å². The summed E-state index contributed by atoms with van der Waals surface area (Å²) in [5, 5.41) is 7.95. The summed E-state index contributed by atoms with van der Waals surface area (Å²) in [4.78, 5) is 12.7. The summed E-state index contributed by atoms with van der Waals surface area (Å²) >= 11 is 0. The van der Waals surface area contributed by atoms with E-state index in [1.165, 1.54) is 0 Å². The molecule has 2 fully saturated rings. The minimum absolute atomic E-state index is 0.0559. The minimum atomic E-state index is 0.0559. The van der Waals surface area contributed by atoms with Crippen molar-refractivity contribution in [2.75, 3.05) is 19.8 Å². The summed E-state index contributed by atoms with van der Waals surface area (Å²) in [5.41, 5.74) is 3.16. The van der Waals surface area contributed by atoms with E-state index in [0.29, 0.717) is 0 Å². The zero-order valence-corrected chi connectivity index (χ0v) is 14.0. The van der Waals surface area contributed by atoms with Gasteiger partial charge in [0.2, 0.25) is 0 Å². The summed E-state index contributed by atoms with van der Waals surface area (Å²) in [7, 11) is 0. The molecule has 1 saturated heterocycles. The van der Waals surface area contributed by atoms with Gasteiger partial charge in [0.15, 0.2) is 0 Å². The molecule has 1 aromatic rings. The second kappa shape index (κ2) is 5.33. The zero-order chi connectivity index (χ0) is 16.1. The number of carbonyl (C=O) groups excluding carboxylic acids is 1. The molecule has 1 amide bonds. The molecule has 0 bridgehead atoms. The Morgan fingerprint density at radius 1 is 1.30 bits per heavy atom. The highest BCUT2D eigenvalue weighted by atomic mass is 16.5. The maximum absolute atomic E-state index is 12.7. The van der Waals surface area contributed by atoms with Gasteiger partial charge in [0.1, 0.15) is 0 Å². The van der Waals surface area contributed by atoms with Crippen LogP contribution in [0.5, 0.6) is 0 Å². The SMILES string of the molecule is [CH2]C1(Cn2nc(CC)c3c2CC2(CCOCC2)CNC3=O)CC1. The number of nitrogens with zero attached hydrogens (tertiary/aromatic N) is 2. The molecule has 1 aromatic heterocycles. The van der Waals surface area contributed by atoms with E-state index >= 15 is 0 Å². The molecule has 125 valence electrons. The summed E-state index contributed by atoms with van der Waals surface area (Å²) < 4.78 is 7.66. The first-order valence-electron chi connectivity index (χ1n) is 8.84. The van der Waals surface area contributed by atoms with E-state index in [9.17, 15) is 4.79 Å². The minimum Gasteiger partial charge on any atom is -0.381 e. The van der Waals surface area contributed by atoms with Gasteiger partial charge in [-0.3, -0.25) is 9.48 Å². The molecule has 4 rings (SSSR count).